The van der Waals surface area contributed by atoms with Crippen molar-refractivity contribution in [3.8, 4) is 5.75 Å². The highest BCUT2D eigenvalue weighted by Gasteiger charge is 2.30. The molecule has 23 heavy (non-hydrogen) atoms. The van der Waals surface area contributed by atoms with E-state index in [0.717, 1.165) is 13.0 Å². The van der Waals surface area contributed by atoms with Crippen LogP contribution in [0.3, 0.4) is 0 Å². The van der Waals surface area contributed by atoms with Gasteiger partial charge in [-0.05, 0) is 52.2 Å². The lowest BCUT2D eigenvalue weighted by molar-refractivity contribution is -0.125. The zero-order valence-electron chi connectivity index (χ0n) is 13.9. The maximum Gasteiger partial charge on any atom is 0.267 e. The van der Waals surface area contributed by atoms with Crippen LogP contribution >= 0.6 is 0 Å². The van der Waals surface area contributed by atoms with E-state index in [4.69, 9.17) is 4.74 Å². The van der Waals surface area contributed by atoms with Crippen molar-refractivity contribution in [3.63, 3.8) is 0 Å². The van der Waals surface area contributed by atoms with E-state index in [1.165, 1.54) is 17.0 Å². The molecule has 0 saturated carbocycles. The number of rotatable bonds is 6. The molecule has 1 aliphatic rings. The molecule has 1 aromatic rings. The van der Waals surface area contributed by atoms with Gasteiger partial charge in [0.1, 0.15) is 5.75 Å². The average molecular weight is 341 g/mol. The van der Waals surface area contributed by atoms with Gasteiger partial charge in [-0.3, -0.25) is 4.79 Å². The molecular formula is C15H23N3O4S. The first-order chi connectivity index (χ1) is 10.7. The second-order valence-corrected chi connectivity index (χ2v) is 7.61. The van der Waals surface area contributed by atoms with Gasteiger partial charge >= 0.3 is 0 Å². The number of fused-ring (bicyclic) bond motifs is 1. The third-order valence-electron chi connectivity index (χ3n) is 3.66. The second kappa shape index (κ2) is 6.86. The Balaban J connectivity index is 2.16. The Hall–Kier alpha value is -1.64. The third kappa shape index (κ3) is 4.01. The van der Waals surface area contributed by atoms with Crippen LogP contribution in [0.1, 0.15) is 13.3 Å². The molecule has 1 heterocycles. The number of anilines is 1. The van der Waals surface area contributed by atoms with Gasteiger partial charge in [0.25, 0.3) is 5.91 Å². The number of hydrogen-bond donors (Lipinski definition) is 1. The topological polar surface area (TPSA) is 79.0 Å². The average Bonchev–Trinajstić information content (AvgIpc) is 2.49. The predicted octanol–water partition coefficient (Wildman–Crippen LogP) is 0.660. The van der Waals surface area contributed by atoms with Crippen molar-refractivity contribution in [2.45, 2.75) is 24.3 Å². The molecule has 0 radical (unpaired) electrons. The summed E-state index contributed by atoms with van der Waals surface area (Å²) in [5.74, 6) is 0.303. The summed E-state index contributed by atoms with van der Waals surface area (Å²) in [6, 6.07) is 4.54. The zero-order valence-corrected chi connectivity index (χ0v) is 14.7. The molecule has 2 rings (SSSR count). The maximum atomic E-state index is 12.3. The minimum atomic E-state index is -3.61. The van der Waals surface area contributed by atoms with Crippen LogP contribution in [0, 0.1) is 0 Å². The van der Waals surface area contributed by atoms with Crippen molar-refractivity contribution in [1.82, 2.24) is 9.62 Å². The normalized spacial score (nSPS) is 18.0. The van der Waals surface area contributed by atoms with E-state index in [9.17, 15) is 13.2 Å². The second-order valence-electron chi connectivity index (χ2n) is 5.84. The van der Waals surface area contributed by atoms with E-state index in [-0.39, 0.29) is 10.8 Å². The van der Waals surface area contributed by atoms with Crippen LogP contribution in [-0.2, 0) is 14.8 Å². The SMILES string of the molecule is CC1Oc2ccc(S(=O)(=O)NCCCN(C)C)cc2N(C)C1=O. The number of hydrogen-bond acceptors (Lipinski definition) is 5. The Bertz CT molecular complexity index is 688. The Morgan fingerprint density at radius 3 is 2.70 bits per heavy atom. The third-order valence-corrected chi connectivity index (χ3v) is 5.12. The Morgan fingerprint density at radius 2 is 2.04 bits per heavy atom. The monoisotopic (exact) mass is 341 g/mol. The number of sulfonamides is 1. The van der Waals surface area contributed by atoms with Crippen LogP contribution < -0.4 is 14.4 Å². The van der Waals surface area contributed by atoms with Crippen LogP contribution in [-0.4, -0.2) is 59.6 Å². The molecule has 0 saturated heterocycles. The molecule has 1 atom stereocenters. The van der Waals surface area contributed by atoms with Crippen molar-refractivity contribution in [2.24, 2.45) is 0 Å². The van der Waals surface area contributed by atoms with Crippen molar-refractivity contribution in [1.29, 1.82) is 0 Å². The van der Waals surface area contributed by atoms with Crippen molar-refractivity contribution < 1.29 is 17.9 Å². The van der Waals surface area contributed by atoms with E-state index >= 15 is 0 Å². The molecule has 1 aromatic carbocycles. The molecule has 1 N–H and O–H groups in total. The van der Waals surface area contributed by atoms with Gasteiger partial charge in [-0.1, -0.05) is 0 Å². The minimum Gasteiger partial charge on any atom is -0.479 e. The molecule has 0 aliphatic carbocycles. The van der Waals surface area contributed by atoms with Gasteiger partial charge in [-0.2, -0.15) is 0 Å². The molecule has 0 fully saturated rings. The summed E-state index contributed by atoms with van der Waals surface area (Å²) in [4.78, 5) is 15.5. The zero-order chi connectivity index (χ0) is 17.2. The van der Waals surface area contributed by atoms with E-state index in [1.807, 2.05) is 19.0 Å². The molecule has 0 bridgehead atoms. The summed E-state index contributed by atoms with van der Waals surface area (Å²) in [6.07, 6.45) is 0.148. The fourth-order valence-electron chi connectivity index (χ4n) is 2.34. The van der Waals surface area contributed by atoms with Gasteiger partial charge in [0.15, 0.2) is 6.10 Å². The van der Waals surface area contributed by atoms with Gasteiger partial charge < -0.3 is 14.5 Å². The highest BCUT2D eigenvalue weighted by molar-refractivity contribution is 7.89. The Labute approximate surface area is 137 Å². The van der Waals surface area contributed by atoms with E-state index in [2.05, 4.69) is 4.72 Å². The largest absolute Gasteiger partial charge is 0.479 e. The van der Waals surface area contributed by atoms with Gasteiger partial charge in [0, 0.05) is 13.6 Å². The van der Waals surface area contributed by atoms with E-state index in [1.54, 1.807) is 20.0 Å². The summed E-state index contributed by atoms with van der Waals surface area (Å²) >= 11 is 0. The summed E-state index contributed by atoms with van der Waals surface area (Å²) in [5.41, 5.74) is 0.462. The highest BCUT2D eigenvalue weighted by atomic mass is 32.2. The number of carbonyl (C=O) groups excluding carboxylic acids is 1. The first-order valence-electron chi connectivity index (χ1n) is 7.45. The number of likely N-dealkylation sites (N-methyl/N-ethyl adjacent to an activating group) is 1. The van der Waals surface area contributed by atoms with Gasteiger partial charge in [-0.25, -0.2) is 13.1 Å². The summed E-state index contributed by atoms with van der Waals surface area (Å²) in [6.45, 7) is 2.83. The van der Waals surface area contributed by atoms with Crippen molar-refractivity contribution >= 4 is 21.6 Å². The number of nitrogens with zero attached hydrogens (tertiary/aromatic N) is 2. The lowest BCUT2D eigenvalue weighted by Crippen LogP contribution is -2.42. The van der Waals surface area contributed by atoms with Gasteiger partial charge in [0.05, 0.1) is 10.6 Å². The fourth-order valence-corrected chi connectivity index (χ4v) is 3.44. The quantitative estimate of drug-likeness (QED) is 0.769. The molecule has 0 spiro atoms. The van der Waals surface area contributed by atoms with Crippen LogP contribution in [0.5, 0.6) is 5.75 Å². The lowest BCUT2D eigenvalue weighted by Gasteiger charge is -2.30. The molecule has 1 unspecified atom stereocenters. The van der Waals surface area contributed by atoms with E-state index < -0.39 is 16.1 Å². The number of amides is 1. The number of ether oxygens (including phenoxy) is 1. The van der Waals surface area contributed by atoms with Crippen LogP contribution in [0.4, 0.5) is 5.69 Å². The molecule has 1 aliphatic heterocycles. The van der Waals surface area contributed by atoms with Gasteiger partial charge in [-0.15, -0.1) is 0 Å². The van der Waals surface area contributed by atoms with Crippen LogP contribution in [0.2, 0.25) is 0 Å². The standard InChI is InChI=1S/C15H23N3O4S/c1-11-15(19)18(4)13-10-12(6-7-14(13)22-11)23(20,21)16-8-5-9-17(2)3/h6-7,10-11,16H,5,8-9H2,1-4H3. The number of carbonyl (C=O) groups is 1. The lowest BCUT2D eigenvalue weighted by atomic mass is 10.2. The summed E-state index contributed by atoms with van der Waals surface area (Å²) in [5, 5.41) is 0. The molecular weight excluding hydrogens is 318 g/mol. The minimum absolute atomic E-state index is 0.124. The van der Waals surface area contributed by atoms with Crippen LogP contribution in [0.25, 0.3) is 0 Å². The maximum absolute atomic E-state index is 12.3. The van der Waals surface area contributed by atoms with Crippen molar-refractivity contribution in [3.05, 3.63) is 18.2 Å². The molecule has 7 nitrogen and oxygen atoms in total. The van der Waals surface area contributed by atoms with E-state index in [0.29, 0.717) is 18.0 Å². The fraction of sp³-hybridized carbons (Fsp3) is 0.533. The Morgan fingerprint density at radius 1 is 1.35 bits per heavy atom. The number of nitrogens with one attached hydrogen (secondary N) is 1. The highest BCUT2D eigenvalue weighted by Crippen LogP contribution is 2.34. The Kier molecular flexibility index (Phi) is 5.28. The van der Waals surface area contributed by atoms with Crippen molar-refractivity contribution in [2.75, 3.05) is 39.1 Å². The molecule has 0 aromatic heterocycles. The van der Waals surface area contributed by atoms with Crippen LogP contribution in [0.15, 0.2) is 23.1 Å². The van der Waals surface area contributed by atoms with Gasteiger partial charge in [0.2, 0.25) is 10.0 Å². The first-order valence-corrected chi connectivity index (χ1v) is 8.93. The molecule has 1 amide bonds. The number of benzene rings is 1. The molecule has 128 valence electrons. The predicted molar refractivity (Wildman–Crippen MR) is 88.3 cm³/mol. The summed E-state index contributed by atoms with van der Waals surface area (Å²) in [7, 11) is 1.88. The first kappa shape index (κ1) is 17.7. The smallest absolute Gasteiger partial charge is 0.267 e. The summed E-state index contributed by atoms with van der Waals surface area (Å²) < 4.78 is 32.8. The molecule has 8 heteroatoms.